The molecule has 0 unspecified atom stereocenters. The molecule has 0 amide bonds. The summed E-state index contributed by atoms with van der Waals surface area (Å²) < 4.78 is 40.7. The maximum atomic E-state index is 13.1. The second kappa shape index (κ2) is 8.89. The van der Waals surface area contributed by atoms with E-state index in [4.69, 9.17) is 5.11 Å². The van der Waals surface area contributed by atoms with Crippen molar-refractivity contribution < 1.29 is 27.9 Å². The van der Waals surface area contributed by atoms with Gasteiger partial charge in [-0.05, 0) is 29.3 Å². The number of Topliss-reactive ketones (excluding diaryl/α,β-unsaturated/α-hetero) is 1. The molecule has 6 nitrogen and oxygen atoms in total. The van der Waals surface area contributed by atoms with Crippen LogP contribution in [-0.2, 0) is 35.0 Å². The Morgan fingerprint density at radius 3 is 2.37 bits per heavy atom. The fraction of sp³-hybridized carbons (Fsp3) is 0.238. The molecule has 0 radical (unpaired) electrons. The van der Waals surface area contributed by atoms with Gasteiger partial charge in [0, 0.05) is 19.3 Å². The number of carboxylic acids is 1. The van der Waals surface area contributed by atoms with Gasteiger partial charge in [-0.15, -0.1) is 5.10 Å². The molecular weight excluding hydrogens is 399 g/mol. The molecule has 156 valence electrons. The summed E-state index contributed by atoms with van der Waals surface area (Å²) in [5.41, 5.74) is 1.05. The molecular formula is C21H18F3N3O3. The Morgan fingerprint density at radius 2 is 1.70 bits per heavy atom. The Bertz CT molecular complexity index is 1040. The van der Waals surface area contributed by atoms with Crippen LogP contribution in [0.15, 0.2) is 54.7 Å². The summed E-state index contributed by atoms with van der Waals surface area (Å²) in [7, 11) is 0. The number of nitrogens with zero attached hydrogens (tertiary/aromatic N) is 3. The smallest absolute Gasteiger partial charge is 0.416 e. The standard InChI is InChI=1S/C21H18F3N3O3/c22-21(23,24)19-4-2-1-3-15(19)12-18(28)11-14-5-8-17(9-6-14)27-13-16(25-26-27)7-10-20(29)30/h1-6,8-9,13H,7,10-12H2,(H,29,30). The van der Waals surface area contributed by atoms with Crippen LogP contribution in [0.2, 0.25) is 0 Å². The van der Waals surface area contributed by atoms with Gasteiger partial charge < -0.3 is 5.11 Å². The van der Waals surface area contributed by atoms with Gasteiger partial charge in [0.2, 0.25) is 0 Å². The van der Waals surface area contributed by atoms with Crippen LogP contribution in [0.1, 0.15) is 28.8 Å². The van der Waals surface area contributed by atoms with E-state index in [-0.39, 0.29) is 37.0 Å². The zero-order valence-electron chi connectivity index (χ0n) is 15.8. The molecule has 3 aromatic rings. The Labute approximate surface area is 170 Å². The van der Waals surface area contributed by atoms with Crippen LogP contribution in [0.3, 0.4) is 0 Å². The highest BCUT2D eigenvalue weighted by Gasteiger charge is 2.33. The minimum absolute atomic E-state index is 0.00763. The van der Waals surface area contributed by atoms with E-state index in [1.165, 1.54) is 22.9 Å². The molecule has 9 heteroatoms. The number of rotatable bonds is 8. The molecule has 0 atom stereocenters. The summed E-state index contributed by atoms with van der Waals surface area (Å²) in [5, 5.41) is 16.6. The first kappa shape index (κ1) is 21.2. The average molecular weight is 417 g/mol. The van der Waals surface area contributed by atoms with E-state index >= 15 is 0 Å². The third-order valence-corrected chi connectivity index (χ3v) is 4.45. The third kappa shape index (κ3) is 5.53. The lowest BCUT2D eigenvalue weighted by atomic mass is 9.98. The van der Waals surface area contributed by atoms with E-state index in [1.54, 1.807) is 30.5 Å². The number of hydrogen-bond acceptors (Lipinski definition) is 4. The lowest BCUT2D eigenvalue weighted by Crippen LogP contribution is -2.13. The number of carbonyl (C=O) groups excluding carboxylic acids is 1. The van der Waals surface area contributed by atoms with E-state index in [0.29, 0.717) is 16.9 Å². The van der Waals surface area contributed by atoms with Gasteiger partial charge in [0.05, 0.1) is 29.6 Å². The van der Waals surface area contributed by atoms with Gasteiger partial charge in [0.15, 0.2) is 0 Å². The van der Waals surface area contributed by atoms with Gasteiger partial charge in [0.1, 0.15) is 5.78 Å². The summed E-state index contributed by atoms with van der Waals surface area (Å²) in [6.07, 6.45) is -2.95. The molecule has 0 aliphatic heterocycles. The monoisotopic (exact) mass is 417 g/mol. The van der Waals surface area contributed by atoms with Gasteiger partial charge in [-0.3, -0.25) is 9.59 Å². The maximum Gasteiger partial charge on any atom is 0.416 e. The predicted octanol–water partition coefficient (Wildman–Crippen LogP) is 3.66. The predicted molar refractivity (Wildman–Crippen MR) is 101 cm³/mol. The lowest BCUT2D eigenvalue weighted by Gasteiger charge is -2.12. The van der Waals surface area contributed by atoms with Crippen molar-refractivity contribution in [2.45, 2.75) is 31.9 Å². The number of benzene rings is 2. The van der Waals surface area contributed by atoms with Crippen LogP contribution in [0.4, 0.5) is 13.2 Å². The molecule has 0 saturated heterocycles. The average Bonchev–Trinajstić information content (AvgIpc) is 3.15. The topological polar surface area (TPSA) is 85.1 Å². The number of ketones is 1. The van der Waals surface area contributed by atoms with Crippen LogP contribution in [0, 0.1) is 0 Å². The zero-order valence-corrected chi connectivity index (χ0v) is 15.8. The van der Waals surface area contributed by atoms with Gasteiger partial charge >= 0.3 is 12.1 Å². The largest absolute Gasteiger partial charge is 0.481 e. The highest BCUT2D eigenvalue weighted by atomic mass is 19.4. The quantitative estimate of drug-likeness (QED) is 0.605. The summed E-state index contributed by atoms with van der Waals surface area (Å²) in [6, 6.07) is 11.9. The minimum Gasteiger partial charge on any atom is -0.481 e. The van der Waals surface area contributed by atoms with Crippen molar-refractivity contribution in [1.82, 2.24) is 15.0 Å². The number of carbonyl (C=O) groups is 2. The van der Waals surface area contributed by atoms with E-state index < -0.39 is 17.7 Å². The molecule has 3 rings (SSSR count). The summed E-state index contributed by atoms with van der Waals surface area (Å²) in [5.74, 6) is -1.24. The van der Waals surface area contributed by atoms with Gasteiger partial charge in [-0.2, -0.15) is 13.2 Å². The molecule has 0 spiro atoms. The number of aliphatic carboxylic acids is 1. The molecule has 1 heterocycles. The van der Waals surface area contributed by atoms with E-state index in [1.807, 2.05) is 0 Å². The first-order valence-electron chi connectivity index (χ1n) is 9.11. The number of hydrogen-bond donors (Lipinski definition) is 1. The summed E-state index contributed by atoms with van der Waals surface area (Å²) in [6.45, 7) is 0. The minimum atomic E-state index is -4.50. The number of alkyl halides is 3. The van der Waals surface area contributed by atoms with Crippen molar-refractivity contribution in [3.05, 3.63) is 77.1 Å². The molecule has 30 heavy (non-hydrogen) atoms. The van der Waals surface area contributed by atoms with Gasteiger partial charge in [0.25, 0.3) is 0 Å². The lowest BCUT2D eigenvalue weighted by molar-refractivity contribution is -0.138. The Kier molecular flexibility index (Phi) is 6.29. The summed E-state index contributed by atoms with van der Waals surface area (Å²) >= 11 is 0. The van der Waals surface area contributed by atoms with Crippen molar-refractivity contribution in [3.63, 3.8) is 0 Å². The Hall–Kier alpha value is -3.49. The van der Waals surface area contributed by atoms with Crippen molar-refractivity contribution in [3.8, 4) is 5.69 Å². The third-order valence-electron chi connectivity index (χ3n) is 4.45. The van der Waals surface area contributed by atoms with Crippen molar-refractivity contribution in [2.75, 3.05) is 0 Å². The van der Waals surface area contributed by atoms with Crippen LogP contribution < -0.4 is 0 Å². The second-order valence-electron chi connectivity index (χ2n) is 6.76. The van der Waals surface area contributed by atoms with Crippen LogP contribution >= 0.6 is 0 Å². The molecule has 0 aliphatic carbocycles. The normalized spacial score (nSPS) is 11.4. The fourth-order valence-electron chi connectivity index (χ4n) is 2.99. The number of halogens is 3. The molecule has 0 saturated carbocycles. The first-order valence-corrected chi connectivity index (χ1v) is 9.11. The van der Waals surface area contributed by atoms with Crippen molar-refractivity contribution >= 4 is 11.8 Å². The SMILES string of the molecule is O=C(O)CCc1cn(-c2ccc(CC(=O)Cc3ccccc3C(F)(F)F)cc2)nn1. The molecule has 1 aromatic heterocycles. The van der Waals surface area contributed by atoms with Crippen LogP contribution in [0.5, 0.6) is 0 Å². The van der Waals surface area contributed by atoms with Crippen molar-refractivity contribution in [2.24, 2.45) is 0 Å². The fourth-order valence-corrected chi connectivity index (χ4v) is 2.99. The maximum absolute atomic E-state index is 13.1. The van der Waals surface area contributed by atoms with E-state index in [2.05, 4.69) is 10.3 Å². The number of aryl methyl sites for hydroxylation is 1. The second-order valence-corrected chi connectivity index (χ2v) is 6.76. The number of carboxylic acid groups (broad SMARTS) is 1. The molecule has 2 aromatic carbocycles. The van der Waals surface area contributed by atoms with Crippen molar-refractivity contribution in [1.29, 1.82) is 0 Å². The van der Waals surface area contributed by atoms with Gasteiger partial charge in [-0.1, -0.05) is 35.5 Å². The first-order chi connectivity index (χ1) is 14.2. The van der Waals surface area contributed by atoms with E-state index in [0.717, 1.165) is 6.07 Å². The Balaban J connectivity index is 1.64. The number of aromatic nitrogens is 3. The highest BCUT2D eigenvalue weighted by Crippen LogP contribution is 2.32. The summed E-state index contributed by atoms with van der Waals surface area (Å²) in [4.78, 5) is 22.9. The van der Waals surface area contributed by atoms with E-state index in [9.17, 15) is 22.8 Å². The van der Waals surface area contributed by atoms with Crippen LogP contribution in [0.25, 0.3) is 5.69 Å². The van der Waals surface area contributed by atoms with Gasteiger partial charge in [-0.25, -0.2) is 4.68 Å². The molecule has 0 bridgehead atoms. The highest BCUT2D eigenvalue weighted by molar-refractivity contribution is 5.83. The van der Waals surface area contributed by atoms with Crippen LogP contribution in [-0.4, -0.2) is 31.9 Å². The molecule has 0 fully saturated rings. The molecule has 1 N–H and O–H groups in total. The Morgan fingerprint density at radius 1 is 1.00 bits per heavy atom. The zero-order chi connectivity index (χ0) is 21.7. The molecule has 0 aliphatic rings.